The summed E-state index contributed by atoms with van der Waals surface area (Å²) in [6.45, 7) is 1.51. The highest BCUT2D eigenvalue weighted by atomic mass is 16.5. The second-order valence-electron chi connectivity index (χ2n) is 10.8. The molecule has 8 nitrogen and oxygen atoms in total. The average Bonchev–Trinajstić information content (AvgIpc) is 3.48. The van der Waals surface area contributed by atoms with Gasteiger partial charge in [0.1, 0.15) is 0 Å². The number of amides is 2. The number of esters is 2. The largest absolute Gasteiger partial charge is 0.465 e. The van der Waals surface area contributed by atoms with Crippen LogP contribution in [0, 0.1) is 10.8 Å². The molecule has 2 aromatic rings. The number of hydrogen-bond acceptors (Lipinski definition) is 6. The van der Waals surface area contributed by atoms with E-state index in [1.54, 1.807) is 12.1 Å². The van der Waals surface area contributed by atoms with Crippen molar-refractivity contribution in [3.63, 3.8) is 0 Å². The van der Waals surface area contributed by atoms with Gasteiger partial charge >= 0.3 is 11.9 Å². The second-order valence-corrected chi connectivity index (χ2v) is 10.8. The smallest absolute Gasteiger partial charge is 0.338 e. The molecule has 2 unspecified atom stereocenters. The van der Waals surface area contributed by atoms with Crippen molar-refractivity contribution in [2.24, 2.45) is 10.8 Å². The van der Waals surface area contributed by atoms with Gasteiger partial charge in [-0.1, -0.05) is 24.3 Å². The van der Waals surface area contributed by atoms with E-state index >= 15 is 0 Å². The summed E-state index contributed by atoms with van der Waals surface area (Å²) in [7, 11) is 2.79. The van der Waals surface area contributed by atoms with Crippen LogP contribution in [-0.4, -0.2) is 51.1 Å². The Morgan fingerprint density at radius 1 is 0.684 bits per heavy atom. The first-order valence-electron chi connectivity index (χ1n) is 13.3. The maximum atomic E-state index is 12.1. The van der Waals surface area contributed by atoms with Gasteiger partial charge in [-0.25, -0.2) is 9.59 Å². The predicted octanol–water partition coefficient (Wildman–Crippen LogP) is 2.94. The molecule has 0 saturated carbocycles. The van der Waals surface area contributed by atoms with Gasteiger partial charge in [0, 0.05) is 13.1 Å². The van der Waals surface area contributed by atoms with Crippen molar-refractivity contribution >= 4 is 23.8 Å². The lowest BCUT2D eigenvalue weighted by molar-refractivity contribution is -0.128. The fraction of sp³-hybridized carbons (Fsp3) is 0.467. The quantitative estimate of drug-likeness (QED) is 0.592. The van der Waals surface area contributed by atoms with Crippen LogP contribution in [0.2, 0.25) is 0 Å². The molecule has 8 heteroatoms. The maximum absolute atomic E-state index is 12.1. The number of fused-ring (bicyclic) bond motifs is 2. The minimum atomic E-state index is -0.313. The summed E-state index contributed by atoms with van der Waals surface area (Å²) in [6.07, 6.45) is 6.46. The lowest BCUT2D eigenvalue weighted by Crippen LogP contribution is -2.37. The van der Waals surface area contributed by atoms with Gasteiger partial charge in [0.05, 0.1) is 36.2 Å². The minimum Gasteiger partial charge on any atom is -0.465 e. The normalized spacial score (nSPS) is 25.0. The van der Waals surface area contributed by atoms with Gasteiger partial charge in [-0.2, -0.15) is 0 Å². The average molecular weight is 519 g/mol. The molecule has 2 saturated heterocycles. The molecular weight excluding hydrogens is 484 g/mol. The first kappa shape index (κ1) is 25.9. The molecule has 2 N–H and O–H groups in total. The molecule has 0 bridgehead atoms. The van der Waals surface area contributed by atoms with Crippen molar-refractivity contribution in [2.45, 2.75) is 51.4 Å². The van der Waals surface area contributed by atoms with E-state index in [1.807, 2.05) is 24.3 Å². The summed E-state index contributed by atoms with van der Waals surface area (Å²) in [6, 6.07) is 11.4. The third kappa shape index (κ3) is 4.46. The zero-order chi connectivity index (χ0) is 26.9. The van der Waals surface area contributed by atoms with Crippen LogP contribution in [0.15, 0.2) is 36.4 Å². The van der Waals surface area contributed by atoms with Crippen LogP contribution in [-0.2, 0) is 44.7 Å². The topological polar surface area (TPSA) is 111 Å². The van der Waals surface area contributed by atoms with Crippen LogP contribution in [0.3, 0.4) is 0 Å². The summed E-state index contributed by atoms with van der Waals surface area (Å²) < 4.78 is 9.66. The molecule has 200 valence electrons. The SMILES string of the molecule is COC(=O)c1cccc2c1CC1(CCNC1=O)CC2.COC(=O)c1cccc2c1CCC1(CCNC1=O)C2. The number of carbonyl (C=O) groups is 4. The zero-order valence-electron chi connectivity index (χ0n) is 22.0. The Morgan fingerprint density at radius 3 is 1.76 bits per heavy atom. The molecule has 2 aromatic carbocycles. The molecule has 6 rings (SSSR count). The molecule has 2 spiro atoms. The molecule has 2 atom stereocenters. The summed E-state index contributed by atoms with van der Waals surface area (Å²) in [5.74, 6) is -0.296. The van der Waals surface area contributed by atoms with Crippen molar-refractivity contribution in [1.82, 2.24) is 10.6 Å². The Bertz CT molecular complexity index is 1300. The van der Waals surface area contributed by atoms with Gasteiger partial charge < -0.3 is 20.1 Å². The Balaban J connectivity index is 0.000000155. The third-order valence-electron chi connectivity index (χ3n) is 8.87. The van der Waals surface area contributed by atoms with Gasteiger partial charge in [0.2, 0.25) is 11.8 Å². The van der Waals surface area contributed by atoms with Crippen molar-refractivity contribution in [2.75, 3.05) is 27.3 Å². The fourth-order valence-corrected chi connectivity index (χ4v) is 6.64. The maximum Gasteiger partial charge on any atom is 0.338 e. The third-order valence-corrected chi connectivity index (χ3v) is 8.87. The monoisotopic (exact) mass is 518 g/mol. The van der Waals surface area contributed by atoms with Gasteiger partial charge in [-0.3, -0.25) is 9.59 Å². The summed E-state index contributed by atoms with van der Waals surface area (Å²) in [4.78, 5) is 47.7. The first-order valence-corrected chi connectivity index (χ1v) is 13.3. The molecule has 38 heavy (non-hydrogen) atoms. The number of carbonyl (C=O) groups excluding carboxylic acids is 4. The fourth-order valence-electron chi connectivity index (χ4n) is 6.64. The Labute approximate surface area is 222 Å². The molecule has 0 aromatic heterocycles. The highest BCUT2D eigenvalue weighted by molar-refractivity contribution is 5.93. The number of ether oxygens (including phenoxy) is 2. The van der Waals surface area contributed by atoms with Gasteiger partial charge in [-0.15, -0.1) is 0 Å². The number of methoxy groups -OCH3 is 2. The molecule has 2 fully saturated rings. The van der Waals surface area contributed by atoms with Crippen molar-refractivity contribution in [1.29, 1.82) is 0 Å². The Kier molecular flexibility index (Phi) is 6.99. The molecule has 4 aliphatic rings. The summed E-state index contributed by atoms with van der Waals surface area (Å²) >= 11 is 0. The molecule has 2 aliphatic carbocycles. The van der Waals surface area contributed by atoms with Crippen LogP contribution in [0.25, 0.3) is 0 Å². The highest BCUT2D eigenvalue weighted by Crippen LogP contribution is 2.43. The summed E-state index contributed by atoms with van der Waals surface area (Å²) in [5.41, 5.74) is 5.04. The predicted molar refractivity (Wildman–Crippen MR) is 140 cm³/mol. The van der Waals surface area contributed by atoms with Crippen LogP contribution in [0.5, 0.6) is 0 Å². The van der Waals surface area contributed by atoms with Crippen molar-refractivity contribution in [3.8, 4) is 0 Å². The van der Waals surface area contributed by atoms with Crippen LogP contribution in [0.4, 0.5) is 0 Å². The van der Waals surface area contributed by atoms with Gasteiger partial charge in [0.25, 0.3) is 0 Å². The van der Waals surface area contributed by atoms with E-state index in [0.717, 1.165) is 74.7 Å². The van der Waals surface area contributed by atoms with Crippen LogP contribution in [0.1, 0.15) is 68.7 Å². The van der Waals surface area contributed by atoms with Gasteiger partial charge in [0.15, 0.2) is 0 Å². The first-order chi connectivity index (χ1) is 18.3. The van der Waals surface area contributed by atoms with E-state index < -0.39 is 0 Å². The van der Waals surface area contributed by atoms with E-state index in [1.165, 1.54) is 19.8 Å². The molecular formula is C30H34N2O6. The van der Waals surface area contributed by atoms with Gasteiger partial charge in [-0.05, 0) is 85.8 Å². The van der Waals surface area contributed by atoms with E-state index in [0.29, 0.717) is 17.5 Å². The molecule has 2 amide bonds. The zero-order valence-corrected chi connectivity index (χ0v) is 22.0. The van der Waals surface area contributed by atoms with E-state index in [4.69, 9.17) is 9.47 Å². The molecule has 2 heterocycles. The van der Waals surface area contributed by atoms with Crippen molar-refractivity contribution in [3.05, 3.63) is 69.8 Å². The standard InChI is InChI=1S/2C15H17NO3/c1-19-13(17)12-4-2-3-10-9-15(6-5-11(10)12)7-8-16-14(15)18;1-19-13(17)11-4-2-3-10-5-6-15(9-12(10)11)7-8-16-14(15)18/h2*2-4H,5-9H2,1H3,(H,16,18). The highest BCUT2D eigenvalue weighted by Gasteiger charge is 2.46. The number of hydrogen-bond donors (Lipinski definition) is 2. The van der Waals surface area contributed by atoms with E-state index in [-0.39, 0.29) is 34.6 Å². The number of aryl methyl sites for hydroxylation is 1. The molecule has 0 radical (unpaired) electrons. The number of nitrogens with one attached hydrogen (secondary N) is 2. The molecule has 2 aliphatic heterocycles. The lowest BCUT2D eigenvalue weighted by atomic mass is 9.69. The second kappa shape index (κ2) is 10.2. The Hall–Kier alpha value is -3.68. The summed E-state index contributed by atoms with van der Waals surface area (Å²) in [5, 5.41) is 5.85. The minimum absolute atomic E-state index is 0.137. The van der Waals surface area contributed by atoms with Crippen LogP contribution < -0.4 is 10.6 Å². The Morgan fingerprint density at radius 2 is 1.21 bits per heavy atom. The van der Waals surface area contributed by atoms with E-state index in [2.05, 4.69) is 10.6 Å². The lowest BCUT2D eigenvalue weighted by Gasteiger charge is -2.33. The van der Waals surface area contributed by atoms with Crippen LogP contribution >= 0.6 is 0 Å². The van der Waals surface area contributed by atoms with E-state index in [9.17, 15) is 19.2 Å². The van der Waals surface area contributed by atoms with Crippen molar-refractivity contribution < 1.29 is 28.7 Å². The number of benzene rings is 2. The number of rotatable bonds is 2.